The molecular weight excluding hydrogens is 640 g/mol. The normalized spacial score (nSPS) is 25.7. The highest BCUT2D eigenvalue weighted by molar-refractivity contribution is 6.02. The van der Waals surface area contributed by atoms with Gasteiger partial charge in [0.15, 0.2) is 0 Å². The summed E-state index contributed by atoms with van der Waals surface area (Å²) in [4.78, 5) is 31.9. The zero-order valence-corrected chi connectivity index (χ0v) is 29.3. The number of aldehydes is 1. The molecule has 11 nitrogen and oxygen atoms in total. The van der Waals surface area contributed by atoms with Gasteiger partial charge in [0.05, 0.1) is 25.3 Å². The van der Waals surface area contributed by atoms with E-state index in [-0.39, 0.29) is 37.6 Å². The third kappa shape index (κ3) is 7.60. The fraction of sp³-hybridized carbons (Fsp3) is 0.513. The molecule has 1 saturated carbocycles. The van der Waals surface area contributed by atoms with Crippen molar-refractivity contribution in [2.45, 2.75) is 69.6 Å². The van der Waals surface area contributed by atoms with Crippen molar-refractivity contribution >= 4 is 18.1 Å². The molecule has 0 unspecified atom stereocenters. The molecule has 0 radical (unpaired) electrons. The van der Waals surface area contributed by atoms with Gasteiger partial charge in [-0.05, 0) is 80.3 Å². The first kappa shape index (κ1) is 37.1. The van der Waals surface area contributed by atoms with E-state index in [9.17, 15) is 19.8 Å². The maximum Gasteiger partial charge on any atom is 0.409 e. The van der Waals surface area contributed by atoms with Crippen molar-refractivity contribution in [3.05, 3.63) is 77.9 Å². The van der Waals surface area contributed by atoms with Gasteiger partial charge in [-0.2, -0.15) is 0 Å². The van der Waals surface area contributed by atoms with Gasteiger partial charge >= 0.3 is 6.09 Å². The minimum absolute atomic E-state index is 0.0764. The number of hydrogen-bond acceptors (Lipinski definition) is 10. The SMILES string of the molecule is C=CCO[C@@]12Oc3ccc(Oc4cccc(C=O)c4)cc3[C@H]3[C@H](CCCCO)[C@@H](CCCCO)C=C(C(=NOCC)C[C@@H]1N(C)C(=O)OC)[C@H]32. The van der Waals surface area contributed by atoms with Gasteiger partial charge in [0, 0.05) is 43.7 Å². The number of nitrogens with zero attached hydrogens (tertiary/aromatic N) is 2. The molecule has 6 atom stereocenters. The number of methoxy groups -OCH3 is 1. The average Bonchev–Trinajstić information content (AvgIpc) is 3.14. The molecule has 2 aromatic rings. The summed E-state index contributed by atoms with van der Waals surface area (Å²) in [5.41, 5.74) is 3.10. The van der Waals surface area contributed by atoms with Crippen LogP contribution in [0.1, 0.15) is 73.7 Å². The van der Waals surface area contributed by atoms with Crippen LogP contribution in [0.25, 0.3) is 0 Å². The van der Waals surface area contributed by atoms with E-state index in [1.54, 1.807) is 37.4 Å². The van der Waals surface area contributed by atoms with Gasteiger partial charge in [0.2, 0.25) is 5.79 Å². The van der Waals surface area contributed by atoms with Gasteiger partial charge < -0.3 is 38.9 Å². The van der Waals surface area contributed by atoms with Crippen LogP contribution in [0.2, 0.25) is 0 Å². The molecule has 1 amide bonds. The van der Waals surface area contributed by atoms with Crippen molar-refractivity contribution in [2.75, 3.05) is 40.6 Å². The van der Waals surface area contributed by atoms with Crippen LogP contribution in [-0.4, -0.2) is 85.6 Å². The number of carbonyl (C=O) groups excluding carboxylic acids is 2. The molecule has 0 spiro atoms. The number of allylic oxidation sites excluding steroid dienone is 1. The Labute approximate surface area is 294 Å². The van der Waals surface area contributed by atoms with Gasteiger partial charge in [-0.3, -0.25) is 4.79 Å². The summed E-state index contributed by atoms with van der Waals surface area (Å²) in [6.07, 6.45) is 9.15. The maximum atomic E-state index is 13.2. The lowest BCUT2D eigenvalue weighted by atomic mass is 9.55. The molecule has 2 aliphatic carbocycles. The van der Waals surface area contributed by atoms with E-state index in [0.29, 0.717) is 54.4 Å². The van der Waals surface area contributed by atoms with Crippen molar-refractivity contribution in [1.82, 2.24) is 4.90 Å². The Kier molecular flexibility index (Phi) is 12.7. The number of aliphatic hydroxyl groups is 2. The van der Waals surface area contributed by atoms with E-state index < -0.39 is 23.8 Å². The lowest BCUT2D eigenvalue weighted by Gasteiger charge is -2.59. The van der Waals surface area contributed by atoms with Crippen molar-refractivity contribution in [3.8, 4) is 17.2 Å². The standard InChI is InChI=1S/C39H50N2O9/c1-5-20-47-39-35(41(3)38(45)46-4)24-33(40-48-6-2)31-22-27(13-7-9-18-42)30(15-8-10-19-43)36(37(31)39)32-23-29(16-17-34(32)50-39)49-28-14-11-12-26(21-28)25-44/h5,11-12,14,16-17,21-23,25,27,30,35-37,42-43H,1,6-10,13,15,18-20,24H2,2-4H3/t27-,30+,35-,36+,37+,39+/m0/s1. The number of likely N-dealkylation sites (N-methyl/N-ethyl adjacent to an activating group) is 1. The molecule has 11 heteroatoms. The van der Waals surface area contributed by atoms with E-state index >= 15 is 0 Å². The van der Waals surface area contributed by atoms with E-state index in [1.807, 2.05) is 25.1 Å². The van der Waals surface area contributed by atoms with E-state index in [1.165, 1.54) is 12.0 Å². The van der Waals surface area contributed by atoms with Crippen LogP contribution in [-0.2, 0) is 14.3 Å². The monoisotopic (exact) mass is 690 g/mol. The summed E-state index contributed by atoms with van der Waals surface area (Å²) in [5.74, 6) is -0.0577. The number of carbonyl (C=O) groups is 2. The molecule has 1 fully saturated rings. The molecule has 0 aromatic heterocycles. The quantitative estimate of drug-likeness (QED) is 0.0810. The molecular formula is C39H50N2O9. The number of amides is 1. The van der Waals surface area contributed by atoms with Crippen molar-refractivity contribution < 1.29 is 43.6 Å². The fourth-order valence-corrected chi connectivity index (χ4v) is 7.99. The minimum Gasteiger partial charge on any atom is -0.459 e. The second-order valence-electron chi connectivity index (χ2n) is 13.1. The number of unbranched alkanes of at least 4 members (excludes halogenated alkanes) is 2. The number of benzene rings is 2. The van der Waals surface area contributed by atoms with Crippen molar-refractivity contribution in [3.63, 3.8) is 0 Å². The second kappa shape index (κ2) is 17.2. The van der Waals surface area contributed by atoms with Crippen LogP contribution >= 0.6 is 0 Å². The molecule has 2 aromatic carbocycles. The zero-order valence-electron chi connectivity index (χ0n) is 29.3. The Balaban J connectivity index is 1.75. The van der Waals surface area contributed by atoms with Crippen LogP contribution in [0.15, 0.2) is 71.9 Å². The molecule has 1 heterocycles. The lowest BCUT2D eigenvalue weighted by Crippen LogP contribution is -2.69. The molecule has 2 N–H and O–H groups in total. The Hall–Kier alpha value is -4.19. The summed E-state index contributed by atoms with van der Waals surface area (Å²) in [6, 6.07) is 12.1. The fourth-order valence-electron chi connectivity index (χ4n) is 7.99. The molecule has 1 aliphatic heterocycles. The van der Waals surface area contributed by atoms with Gasteiger partial charge in [0.1, 0.15) is 36.2 Å². The summed E-state index contributed by atoms with van der Waals surface area (Å²) >= 11 is 0. The van der Waals surface area contributed by atoms with Gasteiger partial charge in [-0.1, -0.05) is 42.3 Å². The van der Waals surface area contributed by atoms with Crippen molar-refractivity contribution in [1.29, 1.82) is 0 Å². The maximum absolute atomic E-state index is 13.2. The number of oxime groups is 1. The number of aliphatic hydroxyl groups excluding tert-OH is 2. The van der Waals surface area contributed by atoms with Crippen LogP contribution in [0.5, 0.6) is 17.2 Å². The highest BCUT2D eigenvalue weighted by Crippen LogP contribution is 2.61. The summed E-state index contributed by atoms with van der Waals surface area (Å²) in [7, 11) is 3.03. The first-order valence-corrected chi connectivity index (χ1v) is 17.6. The van der Waals surface area contributed by atoms with Crippen molar-refractivity contribution in [2.24, 2.45) is 22.9 Å². The predicted molar refractivity (Wildman–Crippen MR) is 189 cm³/mol. The zero-order chi connectivity index (χ0) is 35.7. The van der Waals surface area contributed by atoms with E-state index in [4.69, 9.17) is 23.8 Å². The van der Waals surface area contributed by atoms with Gasteiger partial charge in [-0.15, -0.1) is 6.58 Å². The minimum atomic E-state index is -1.35. The van der Waals surface area contributed by atoms with Crippen LogP contribution in [0.3, 0.4) is 0 Å². The van der Waals surface area contributed by atoms with Crippen LogP contribution < -0.4 is 9.47 Å². The Morgan fingerprint density at radius 1 is 1.10 bits per heavy atom. The summed E-state index contributed by atoms with van der Waals surface area (Å²) in [6.45, 7) is 6.55. The number of fused-ring (bicyclic) bond motifs is 2. The van der Waals surface area contributed by atoms with E-state index in [0.717, 1.165) is 43.1 Å². The largest absolute Gasteiger partial charge is 0.459 e. The first-order valence-electron chi connectivity index (χ1n) is 17.6. The third-order valence-corrected chi connectivity index (χ3v) is 10.1. The highest BCUT2D eigenvalue weighted by atomic mass is 16.7. The molecule has 270 valence electrons. The molecule has 3 aliphatic rings. The number of hydrogen-bond donors (Lipinski definition) is 2. The van der Waals surface area contributed by atoms with E-state index in [2.05, 4.69) is 17.8 Å². The number of rotatable bonds is 17. The van der Waals surface area contributed by atoms with Gasteiger partial charge in [0.25, 0.3) is 0 Å². The molecule has 0 bridgehead atoms. The molecule has 0 saturated heterocycles. The number of ether oxygens (including phenoxy) is 4. The van der Waals surface area contributed by atoms with Crippen LogP contribution in [0.4, 0.5) is 4.79 Å². The first-order chi connectivity index (χ1) is 24.3. The van der Waals surface area contributed by atoms with Crippen LogP contribution in [0, 0.1) is 17.8 Å². The second-order valence-corrected chi connectivity index (χ2v) is 13.1. The molecule has 50 heavy (non-hydrogen) atoms. The summed E-state index contributed by atoms with van der Waals surface area (Å²) < 4.78 is 25.4. The average molecular weight is 691 g/mol. The lowest BCUT2D eigenvalue weighted by molar-refractivity contribution is -0.253. The Morgan fingerprint density at radius 3 is 2.56 bits per heavy atom. The predicted octanol–water partition coefficient (Wildman–Crippen LogP) is 6.64. The molecule has 5 rings (SSSR count). The van der Waals surface area contributed by atoms with Gasteiger partial charge in [-0.25, -0.2) is 4.79 Å². The Bertz CT molecular complexity index is 1560. The summed E-state index contributed by atoms with van der Waals surface area (Å²) in [5, 5.41) is 24.1. The highest BCUT2D eigenvalue weighted by Gasteiger charge is 2.65. The Morgan fingerprint density at radius 2 is 1.86 bits per heavy atom. The third-order valence-electron chi connectivity index (χ3n) is 10.1. The smallest absolute Gasteiger partial charge is 0.409 e. The topological polar surface area (TPSA) is 136 Å².